The fourth-order valence-electron chi connectivity index (χ4n) is 1.86. The first-order valence-corrected chi connectivity index (χ1v) is 6.82. The average Bonchev–Trinajstić information content (AvgIpc) is 2.49. The van der Waals surface area contributed by atoms with Gasteiger partial charge >= 0.3 is 5.97 Å². The molecule has 1 atom stereocenters. The highest BCUT2D eigenvalue weighted by molar-refractivity contribution is 5.83. The number of ether oxygens (including phenoxy) is 1. The first-order valence-electron chi connectivity index (χ1n) is 6.82. The normalized spacial score (nSPS) is 11.5. The van der Waals surface area contributed by atoms with Crippen LogP contribution in [0.25, 0.3) is 0 Å². The Bertz CT molecular complexity index is 482. The molecule has 0 saturated heterocycles. The van der Waals surface area contributed by atoms with Gasteiger partial charge in [-0.15, -0.1) is 6.58 Å². The first-order chi connectivity index (χ1) is 10.1. The molecular formula is C16H21NO4. The molecule has 0 spiro atoms. The van der Waals surface area contributed by atoms with E-state index >= 15 is 0 Å². The Labute approximate surface area is 124 Å². The van der Waals surface area contributed by atoms with E-state index in [1.165, 1.54) is 0 Å². The van der Waals surface area contributed by atoms with Crippen molar-refractivity contribution < 1.29 is 19.4 Å². The molecule has 0 heterocycles. The van der Waals surface area contributed by atoms with E-state index < -0.39 is 12.0 Å². The van der Waals surface area contributed by atoms with Crippen molar-refractivity contribution in [3.8, 4) is 5.75 Å². The third-order valence-corrected chi connectivity index (χ3v) is 3.09. The van der Waals surface area contributed by atoms with Crippen molar-refractivity contribution in [2.75, 3.05) is 7.11 Å². The van der Waals surface area contributed by atoms with Crippen molar-refractivity contribution in [1.82, 2.24) is 5.32 Å². The van der Waals surface area contributed by atoms with Crippen LogP contribution in [0.5, 0.6) is 5.75 Å². The number of aryl methyl sites for hydroxylation is 1. The molecule has 114 valence electrons. The highest BCUT2D eigenvalue weighted by Gasteiger charge is 2.18. The Kier molecular flexibility index (Phi) is 7.01. The molecule has 5 nitrogen and oxygen atoms in total. The van der Waals surface area contributed by atoms with Crippen molar-refractivity contribution in [1.29, 1.82) is 0 Å². The summed E-state index contributed by atoms with van der Waals surface area (Å²) in [6, 6.07) is 6.58. The number of nitrogens with one attached hydrogen (secondary N) is 1. The van der Waals surface area contributed by atoms with Crippen LogP contribution in [0.4, 0.5) is 0 Å². The van der Waals surface area contributed by atoms with Gasteiger partial charge in [0.1, 0.15) is 11.8 Å². The van der Waals surface area contributed by atoms with Crippen molar-refractivity contribution >= 4 is 11.9 Å². The average molecular weight is 291 g/mol. The molecule has 0 aliphatic rings. The van der Waals surface area contributed by atoms with Crippen LogP contribution in [0.3, 0.4) is 0 Å². The largest absolute Gasteiger partial charge is 0.497 e. The summed E-state index contributed by atoms with van der Waals surface area (Å²) in [6.07, 6.45) is 3.36. The van der Waals surface area contributed by atoms with Gasteiger partial charge in [0.05, 0.1) is 7.11 Å². The third kappa shape index (κ3) is 6.12. The number of benzene rings is 1. The van der Waals surface area contributed by atoms with Gasteiger partial charge in [-0.1, -0.05) is 18.2 Å². The van der Waals surface area contributed by atoms with Crippen LogP contribution in [0, 0.1) is 0 Å². The summed E-state index contributed by atoms with van der Waals surface area (Å²) in [5, 5.41) is 11.6. The number of aliphatic carboxylic acids is 1. The lowest BCUT2D eigenvalue weighted by atomic mass is 10.1. The van der Waals surface area contributed by atoms with Crippen LogP contribution < -0.4 is 10.1 Å². The number of amides is 1. The molecule has 0 saturated carbocycles. The highest BCUT2D eigenvalue weighted by Crippen LogP contribution is 2.12. The van der Waals surface area contributed by atoms with Crippen LogP contribution in [-0.2, 0) is 16.0 Å². The Hall–Kier alpha value is -2.30. The summed E-state index contributed by atoms with van der Waals surface area (Å²) in [6.45, 7) is 3.55. The molecule has 21 heavy (non-hydrogen) atoms. The number of methoxy groups -OCH3 is 1. The number of carbonyl (C=O) groups is 2. The number of carboxylic acids is 1. The minimum absolute atomic E-state index is 0.254. The SMILES string of the molecule is C=CCCC(NC(=O)CCc1ccc(OC)cc1)C(=O)O. The Morgan fingerprint density at radius 2 is 2.05 bits per heavy atom. The Morgan fingerprint density at radius 1 is 1.38 bits per heavy atom. The zero-order valence-corrected chi connectivity index (χ0v) is 12.2. The van der Waals surface area contributed by atoms with Gasteiger partial charge in [0.15, 0.2) is 0 Å². The van der Waals surface area contributed by atoms with E-state index in [0.29, 0.717) is 19.3 Å². The maximum atomic E-state index is 11.8. The minimum atomic E-state index is -1.02. The zero-order valence-electron chi connectivity index (χ0n) is 12.2. The van der Waals surface area contributed by atoms with Crippen molar-refractivity contribution in [2.24, 2.45) is 0 Å². The van der Waals surface area contributed by atoms with Gasteiger partial charge in [0.25, 0.3) is 0 Å². The fraction of sp³-hybridized carbons (Fsp3) is 0.375. The zero-order chi connectivity index (χ0) is 15.7. The van der Waals surface area contributed by atoms with E-state index in [2.05, 4.69) is 11.9 Å². The van der Waals surface area contributed by atoms with Crippen molar-refractivity contribution in [2.45, 2.75) is 31.7 Å². The molecule has 0 radical (unpaired) electrons. The van der Waals surface area contributed by atoms with Gasteiger partial charge in [0, 0.05) is 6.42 Å². The lowest BCUT2D eigenvalue weighted by molar-refractivity contribution is -0.142. The second kappa shape index (κ2) is 8.79. The molecule has 0 aliphatic carbocycles. The molecular weight excluding hydrogens is 270 g/mol. The van der Waals surface area contributed by atoms with Crippen LogP contribution >= 0.6 is 0 Å². The minimum Gasteiger partial charge on any atom is -0.497 e. The summed E-state index contributed by atoms with van der Waals surface area (Å²) in [7, 11) is 1.59. The smallest absolute Gasteiger partial charge is 0.326 e. The van der Waals surface area contributed by atoms with Gasteiger partial charge in [-0.05, 0) is 37.0 Å². The second-order valence-electron chi connectivity index (χ2n) is 4.67. The molecule has 0 bridgehead atoms. The van der Waals surface area contributed by atoms with Crippen molar-refractivity contribution in [3.63, 3.8) is 0 Å². The molecule has 1 amide bonds. The summed E-state index contributed by atoms with van der Waals surface area (Å²) in [5.41, 5.74) is 1.00. The van der Waals surface area contributed by atoms with Gasteiger partial charge in [-0.25, -0.2) is 4.79 Å². The molecule has 0 aromatic heterocycles. The monoisotopic (exact) mass is 291 g/mol. The topological polar surface area (TPSA) is 75.6 Å². The maximum absolute atomic E-state index is 11.8. The third-order valence-electron chi connectivity index (χ3n) is 3.09. The molecule has 5 heteroatoms. The molecule has 0 fully saturated rings. The van der Waals surface area contributed by atoms with E-state index in [4.69, 9.17) is 9.84 Å². The lowest BCUT2D eigenvalue weighted by Crippen LogP contribution is -2.40. The highest BCUT2D eigenvalue weighted by atomic mass is 16.5. The van der Waals surface area contributed by atoms with Crippen LogP contribution in [-0.4, -0.2) is 30.1 Å². The molecule has 1 aromatic rings. The van der Waals surface area contributed by atoms with Gasteiger partial charge < -0.3 is 15.2 Å². The number of allylic oxidation sites excluding steroid dienone is 1. The summed E-state index contributed by atoms with van der Waals surface area (Å²) in [5.74, 6) is -0.518. The van der Waals surface area contributed by atoms with E-state index in [0.717, 1.165) is 11.3 Å². The van der Waals surface area contributed by atoms with E-state index in [1.54, 1.807) is 13.2 Å². The Morgan fingerprint density at radius 3 is 2.57 bits per heavy atom. The molecule has 1 rings (SSSR count). The predicted molar refractivity (Wildman–Crippen MR) is 80.3 cm³/mol. The van der Waals surface area contributed by atoms with E-state index in [-0.39, 0.29) is 12.3 Å². The van der Waals surface area contributed by atoms with Gasteiger partial charge in [-0.2, -0.15) is 0 Å². The summed E-state index contributed by atoms with van der Waals surface area (Å²) < 4.78 is 5.06. The maximum Gasteiger partial charge on any atom is 0.326 e. The van der Waals surface area contributed by atoms with Crippen LogP contribution in [0.1, 0.15) is 24.8 Å². The molecule has 1 aromatic carbocycles. The van der Waals surface area contributed by atoms with Gasteiger partial charge in [-0.3, -0.25) is 4.79 Å². The number of carboxylic acid groups (broad SMARTS) is 1. The van der Waals surface area contributed by atoms with Crippen LogP contribution in [0.15, 0.2) is 36.9 Å². The fourth-order valence-corrected chi connectivity index (χ4v) is 1.86. The van der Waals surface area contributed by atoms with Crippen LogP contribution in [0.2, 0.25) is 0 Å². The number of hydrogen-bond donors (Lipinski definition) is 2. The van der Waals surface area contributed by atoms with E-state index in [1.807, 2.05) is 24.3 Å². The molecule has 2 N–H and O–H groups in total. The number of hydrogen-bond acceptors (Lipinski definition) is 3. The standard InChI is InChI=1S/C16H21NO4/c1-3-4-5-14(16(19)20)17-15(18)11-8-12-6-9-13(21-2)10-7-12/h3,6-7,9-10,14H,1,4-5,8,11H2,2H3,(H,17,18)(H,19,20). The molecule has 1 unspecified atom stereocenters. The number of rotatable bonds is 9. The second-order valence-corrected chi connectivity index (χ2v) is 4.67. The van der Waals surface area contributed by atoms with Crippen molar-refractivity contribution in [3.05, 3.63) is 42.5 Å². The number of carbonyl (C=O) groups excluding carboxylic acids is 1. The van der Waals surface area contributed by atoms with E-state index in [9.17, 15) is 9.59 Å². The van der Waals surface area contributed by atoms with Gasteiger partial charge in [0.2, 0.25) is 5.91 Å². The summed E-state index contributed by atoms with van der Waals surface area (Å²) >= 11 is 0. The Balaban J connectivity index is 2.44. The lowest BCUT2D eigenvalue weighted by Gasteiger charge is -2.13. The first kappa shape index (κ1) is 16.8. The quantitative estimate of drug-likeness (QED) is 0.684. The summed E-state index contributed by atoms with van der Waals surface area (Å²) in [4.78, 5) is 22.8. The molecule has 0 aliphatic heterocycles. The predicted octanol–water partition coefficient (Wildman–Crippen LogP) is 2.16.